The summed E-state index contributed by atoms with van der Waals surface area (Å²) in [6.45, 7) is 0. The number of benzene rings is 1. The number of hydrogen-bond donors (Lipinski definition) is 3. The molecule has 0 atom stereocenters. The molecule has 0 aromatic heterocycles. The summed E-state index contributed by atoms with van der Waals surface area (Å²) in [6.07, 6.45) is 2.35. The molecular weight excluding hydrogens is 208 g/mol. The van der Waals surface area contributed by atoms with Crippen LogP contribution in [0.4, 0.5) is 0 Å². The summed E-state index contributed by atoms with van der Waals surface area (Å²) in [5.41, 5.74) is 6.53. The van der Waals surface area contributed by atoms with Gasteiger partial charge in [-0.2, -0.15) is 0 Å². The highest BCUT2D eigenvalue weighted by molar-refractivity contribution is 6.09. The first-order valence-corrected chi connectivity index (χ1v) is 4.48. The molecular formula is C11H12N2O3. The van der Waals surface area contributed by atoms with Crippen molar-refractivity contribution in [3.05, 3.63) is 35.5 Å². The lowest BCUT2D eigenvalue weighted by atomic mass is 10.0. The summed E-state index contributed by atoms with van der Waals surface area (Å²) in [5.74, 6) is -0.655. The van der Waals surface area contributed by atoms with Crippen LogP contribution in [0.5, 0.6) is 5.75 Å². The molecule has 0 unspecified atom stereocenters. The largest absolute Gasteiger partial charge is 0.496 e. The maximum absolute atomic E-state index is 10.7. The predicted molar refractivity (Wildman–Crippen MR) is 60.9 cm³/mol. The molecule has 0 heterocycles. The highest BCUT2D eigenvalue weighted by Crippen LogP contribution is 2.25. The number of rotatable bonds is 4. The highest BCUT2D eigenvalue weighted by atomic mass is 16.5. The molecule has 0 aliphatic carbocycles. The van der Waals surface area contributed by atoms with Gasteiger partial charge in [0.05, 0.1) is 12.7 Å². The molecule has 0 amide bonds. The van der Waals surface area contributed by atoms with E-state index < -0.39 is 5.97 Å². The average molecular weight is 220 g/mol. The van der Waals surface area contributed by atoms with Gasteiger partial charge in [-0.3, -0.25) is 0 Å². The number of allylic oxidation sites excluding steroid dienone is 1. The van der Waals surface area contributed by atoms with E-state index in [2.05, 4.69) is 0 Å². The van der Waals surface area contributed by atoms with Crippen molar-refractivity contribution < 1.29 is 14.6 Å². The smallest absolute Gasteiger partial charge is 0.335 e. The van der Waals surface area contributed by atoms with Crippen LogP contribution >= 0.6 is 0 Å². The van der Waals surface area contributed by atoms with Gasteiger partial charge in [-0.15, -0.1) is 0 Å². The second-order valence-corrected chi connectivity index (χ2v) is 2.99. The molecule has 0 radical (unpaired) electrons. The number of carbonyl (C=O) groups is 1. The minimum Gasteiger partial charge on any atom is -0.496 e. The van der Waals surface area contributed by atoms with Gasteiger partial charge in [-0.1, -0.05) is 0 Å². The molecule has 0 aliphatic rings. The van der Waals surface area contributed by atoms with Gasteiger partial charge in [0.2, 0.25) is 0 Å². The van der Waals surface area contributed by atoms with E-state index >= 15 is 0 Å². The maximum atomic E-state index is 10.7. The van der Waals surface area contributed by atoms with Gasteiger partial charge in [0.15, 0.2) is 0 Å². The van der Waals surface area contributed by atoms with Crippen LogP contribution in [-0.2, 0) is 0 Å². The van der Waals surface area contributed by atoms with Gasteiger partial charge < -0.3 is 21.0 Å². The maximum Gasteiger partial charge on any atom is 0.335 e. The van der Waals surface area contributed by atoms with Crippen LogP contribution in [0.15, 0.2) is 24.4 Å². The Morgan fingerprint density at radius 1 is 1.56 bits per heavy atom. The van der Waals surface area contributed by atoms with E-state index in [0.29, 0.717) is 16.9 Å². The highest BCUT2D eigenvalue weighted by Gasteiger charge is 2.10. The molecule has 0 saturated carbocycles. The van der Waals surface area contributed by atoms with Crippen molar-refractivity contribution in [2.45, 2.75) is 0 Å². The molecule has 0 bridgehead atoms. The third-order valence-electron chi connectivity index (χ3n) is 2.09. The zero-order valence-electron chi connectivity index (χ0n) is 8.73. The molecule has 4 N–H and O–H groups in total. The van der Waals surface area contributed by atoms with E-state index in [0.717, 1.165) is 6.21 Å². The minimum absolute atomic E-state index is 0.127. The van der Waals surface area contributed by atoms with E-state index in [-0.39, 0.29) is 5.56 Å². The summed E-state index contributed by atoms with van der Waals surface area (Å²) < 4.78 is 5.06. The molecule has 1 aromatic carbocycles. The van der Waals surface area contributed by atoms with Gasteiger partial charge in [0.25, 0.3) is 0 Å². The van der Waals surface area contributed by atoms with Crippen LogP contribution in [0.2, 0.25) is 0 Å². The van der Waals surface area contributed by atoms with Gasteiger partial charge in [0, 0.05) is 23.6 Å². The van der Waals surface area contributed by atoms with Crippen LogP contribution in [-0.4, -0.2) is 24.4 Å². The van der Waals surface area contributed by atoms with E-state index in [1.165, 1.54) is 25.4 Å². The Balaban J connectivity index is 3.32. The minimum atomic E-state index is -1.03. The third-order valence-corrected chi connectivity index (χ3v) is 2.09. The van der Waals surface area contributed by atoms with Crippen molar-refractivity contribution in [3.63, 3.8) is 0 Å². The van der Waals surface area contributed by atoms with Gasteiger partial charge in [0.1, 0.15) is 5.75 Å². The number of nitrogens with one attached hydrogen (secondary N) is 1. The normalized spacial score (nSPS) is 10.9. The fourth-order valence-electron chi connectivity index (χ4n) is 1.28. The van der Waals surface area contributed by atoms with Crippen molar-refractivity contribution >= 4 is 17.8 Å². The van der Waals surface area contributed by atoms with Gasteiger partial charge in [-0.05, 0) is 18.2 Å². The molecule has 16 heavy (non-hydrogen) atoms. The zero-order valence-corrected chi connectivity index (χ0v) is 8.73. The topological polar surface area (TPSA) is 96.4 Å². The Labute approximate surface area is 92.7 Å². The van der Waals surface area contributed by atoms with Crippen LogP contribution in [0.1, 0.15) is 15.9 Å². The number of hydrogen-bond acceptors (Lipinski definition) is 4. The molecule has 5 heteroatoms. The van der Waals surface area contributed by atoms with Gasteiger partial charge >= 0.3 is 5.97 Å². The number of ether oxygens (including phenoxy) is 1. The Morgan fingerprint density at radius 3 is 2.69 bits per heavy atom. The fraction of sp³-hybridized carbons (Fsp3) is 0.0909. The summed E-state index contributed by atoms with van der Waals surface area (Å²) in [4.78, 5) is 10.7. The first-order chi connectivity index (χ1) is 7.63. The van der Waals surface area contributed by atoms with Crippen LogP contribution in [0.25, 0.3) is 5.57 Å². The quantitative estimate of drug-likeness (QED) is 0.667. The van der Waals surface area contributed by atoms with Crippen molar-refractivity contribution in [1.29, 1.82) is 5.41 Å². The van der Waals surface area contributed by atoms with E-state index in [1.54, 1.807) is 6.07 Å². The lowest BCUT2D eigenvalue weighted by molar-refractivity contribution is 0.0696. The number of nitrogens with two attached hydrogens (primary N) is 1. The lowest BCUT2D eigenvalue weighted by Gasteiger charge is -2.09. The fourth-order valence-corrected chi connectivity index (χ4v) is 1.28. The van der Waals surface area contributed by atoms with Crippen molar-refractivity contribution in [1.82, 2.24) is 0 Å². The Hall–Kier alpha value is -2.30. The van der Waals surface area contributed by atoms with Crippen molar-refractivity contribution in [2.24, 2.45) is 5.73 Å². The molecule has 0 aliphatic heterocycles. The summed E-state index contributed by atoms with van der Waals surface area (Å²) in [5, 5.41) is 16.0. The number of methoxy groups -OCH3 is 1. The number of aromatic carboxylic acids is 1. The van der Waals surface area contributed by atoms with E-state index in [9.17, 15) is 4.79 Å². The Morgan fingerprint density at radius 2 is 2.25 bits per heavy atom. The van der Waals surface area contributed by atoms with Crippen LogP contribution in [0.3, 0.4) is 0 Å². The summed E-state index contributed by atoms with van der Waals surface area (Å²) in [6, 6.07) is 4.39. The molecule has 5 nitrogen and oxygen atoms in total. The lowest BCUT2D eigenvalue weighted by Crippen LogP contribution is -2.00. The number of carboxylic acid groups (broad SMARTS) is 1. The molecule has 1 aromatic rings. The molecule has 0 fully saturated rings. The molecule has 1 rings (SSSR count). The second kappa shape index (κ2) is 4.97. The SMILES string of the molecule is COc1cc(C(=O)O)ccc1/C(C=N)=C/N. The van der Waals surface area contributed by atoms with E-state index in [1.807, 2.05) is 0 Å². The molecule has 84 valence electrons. The Bertz CT molecular complexity index is 453. The second-order valence-electron chi connectivity index (χ2n) is 2.99. The summed E-state index contributed by atoms with van der Waals surface area (Å²) >= 11 is 0. The van der Waals surface area contributed by atoms with Crippen LogP contribution in [0, 0.1) is 5.41 Å². The molecule has 0 saturated heterocycles. The summed E-state index contributed by atoms with van der Waals surface area (Å²) in [7, 11) is 1.43. The van der Waals surface area contributed by atoms with Crippen LogP contribution < -0.4 is 10.5 Å². The number of carboxylic acids is 1. The monoisotopic (exact) mass is 220 g/mol. The first-order valence-electron chi connectivity index (χ1n) is 4.48. The third kappa shape index (κ3) is 2.20. The van der Waals surface area contributed by atoms with Gasteiger partial charge in [-0.25, -0.2) is 4.79 Å². The average Bonchev–Trinajstić information content (AvgIpc) is 2.30. The predicted octanol–water partition coefficient (Wildman–Crippen LogP) is 1.34. The molecule has 0 spiro atoms. The first kappa shape index (κ1) is 11.8. The zero-order chi connectivity index (χ0) is 12.1. The Kier molecular flexibility index (Phi) is 3.66. The van der Waals surface area contributed by atoms with Crippen molar-refractivity contribution in [3.8, 4) is 5.75 Å². The van der Waals surface area contributed by atoms with Crippen molar-refractivity contribution in [2.75, 3.05) is 7.11 Å². The standard InChI is InChI=1S/C11H12N2O3/c1-16-10-4-7(11(14)15)2-3-9(10)8(5-12)6-13/h2-6,12H,13H2,1H3,(H,14,15)/b8-6+,12-5?. The van der Waals surface area contributed by atoms with E-state index in [4.69, 9.17) is 21.0 Å².